The molecule has 0 spiro atoms. The molecular weight excluding hydrogens is 198 g/mol. The van der Waals surface area contributed by atoms with Gasteiger partial charge in [-0.1, -0.05) is 0 Å². The van der Waals surface area contributed by atoms with E-state index in [2.05, 4.69) is 42.1 Å². The molecule has 1 N–H and O–H groups in total. The van der Waals surface area contributed by atoms with Gasteiger partial charge in [-0.2, -0.15) is 5.10 Å². The molecule has 0 saturated heterocycles. The van der Waals surface area contributed by atoms with Gasteiger partial charge in [-0.3, -0.25) is 4.68 Å². The number of hydrogen-bond donors (Lipinski definition) is 1. The van der Waals surface area contributed by atoms with Crippen LogP contribution in [-0.2, 0) is 12.0 Å². The van der Waals surface area contributed by atoms with Gasteiger partial charge in [0, 0.05) is 11.6 Å². The molecule has 16 heavy (non-hydrogen) atoms. The minimum absolute atomic E-state index is 0.107. The molecule has 1 fully saturated rings. The Morgan fingerprint density at radius 2 is 2.12 bits per heavy atom. The molecule has 0 bridgehead atoms. The van der Waals surface area contributed by atoms with Gasteiger partial charge in [-0.15, -0.1) is 0 Å². The molecule has 1 aliphatic rings. The highest BCUT2D eigenvalue weighted by molar-refractivity contribution is 5.27. The lowest BCUT2D eigenvalue weighted by atomic mass is 10.1. The predicted molar refractivity (Wildman–Crippen MR) is 66.8 cm³/mol. The second-order valence-electron chi connectivity index (χ2n) is 5.77. The van der Waals surface area contributed by atoms with Gasteiger partial charge in [0.15, 0.2) is 0 Å². The van der Waals surface area contributed by atoms with Crippen LogP contribution in [0.2, 0.25) is 0 Å². The zero-order valence-corrected chi connectivity index (χ0v) is 10.9. The van der Waals surface area contributed by atoms with Gasteiger partial charge in [0.05, 0.1) is 11.7 Å². The lowest BCUT2D eigenvalue weighted by Crippen LogP contribution is -2.25. The van der Waals surface area contributed by atoms with E-state index in [1.807, 2.05) is 7.05 Å². The summed E-state index contributed by atoms with van der Waals surface area (Å²) in [5.74, 6) is 0.772. The van der Waals surface area contributed by atoms with Crippen LogP contribution in [0.4, 0.5) is 0 Å². The highest BCUT2D eigenvalue weighted by atomic mass is 15.3. The van der Waals surface area contributed by atoms with Crippen LogP contribution < -0.4 is 5.32 Å². The maximum atomic E-state index is 4.59. The minimum atomic E-state index is 0.107. The van der Waals surface area contributed by atoms with Crippen molar-refractivity contribution in [2.24, 2.45) is 0 Å². The number of hydrogen-bond acceptors (Lipinski definition) is 2. The third-order valence-corrected chi connectivity index (χ3v) is 3.13. The Morgan fingerprint density at radius 3 is 2.62 bits per heavy atom. The fourth-order valence-electron chi connectivity index (χ4n) is 2.17. The van der Waals surface area contributed by atoms with Crippen molar-refractivity contribution in [3.63, 3.8) is 0 Å². The van der Waals surface area contributed by atoms with Gasteiger partial charge in [-0.05, 0) is 59.2 Å². The van der Waals surface area contributed by atoms with Crippen LogP contribution in [0.1, 0.15) is 50.8 Å². The summed E-state index contributed by atoms with van der Waals surface area (Å²) in [5, 5.41) is 7.80. The second kappa shape index (κ2) is 4.21. The van der Waals surface area contributed by atoms with E-state index in [0.29, 0.717) is 0 Å². The Balaban J connectivity index is 2.28. The van der Waals surface area contributed by atoms with Crippen LogP contribution in [0.15, 0.2) is 6.20 Å². The highest BCUT2D eigenvalue weighted by Gasteiger charge is 2.32. The summed E-state index contributed by atoms with van der Waals surface area (Å²) in [6.07, 6.45) is 5.84. The average molecular weight is 221 g/mol. The first-order valence-corrected chi connectivity index (χ1v) is 6.26. The van der Waals surface area contributed by atoms with Gasteiger partial charge in [0.25, 0.3) is 0 Å². The van der Waals surface area contributed by atoms with E-state index in [4.69, 9.17) is 0 Å². The Kier molecular flexibility index (Phi) is 3.06. The minimum Gasteiger partial charge on any atom is -0.319 e. The summed E-state index contributed by atoms with van der Waals surface area (Å²) in [5.41, 5.74) is 3.03. The monoisotopic (exact) mass is 221 g/mol. The third kappa shape index (κ3) is 2.29. The zero-order chi connectivity index (χ0) is 11.8. The molecule has 1 aliphatic carbocycles. The van der Waals surface area contributed by atoms with Crippen molar-refractivity contribution in [1.82, 2.24) is 15.1 Å². The fraction of sp³-hybridized carbons (Fsp3) is 0.769. The van der Waals surface area contributed by atoms with Gasteiger partial charge >= 0.3 is 0 Å². The molecule has 1 aromatic heterocycles. The molecule has 1 heterocycles. The van der Waals surface area contributed by atoms with Crippen molar-refractivity contribution in [2.75, 3.05) is 13.6 Å². The zero-order valence-electron chi connectivity index (χ0n) is 10.9. The Morgan fingerprint density at radius 1 is 1.44 bits per heavy atom. The summed E-state index contributed by atoms with van der Waals surface area (Å²) in [7, 11) is 2.00. The topological polar surface area (TPSA) is 29.9 Å². The van der Waals surface area contributed by atoms with Crippen molar-refractivity contribution >= 4 is 0 Å². The van der Waals surface area contributed by atoms with Gasteiger partial charge in [-0.25, -0.2) is 0 Å². The SMILES string of the molecule is CNCCc1cnn(C(C)(C)C)c1C1CC1. The highest BCUT2D eigenvalue weighted by Crippen LogP contribution is 2.43. The summed E-state index contributed by atoms with van der Waals surface area (Å²) < 4.78 is 2.23. The van der Waals surface area contributed by atoms with Crippen LogP contribution in [0.5, 0.6) is 0 Å². The number of aromatic nitrogens is 2. The van der Waals surface area contributed by atoms with Crippen molar-refractivity contribution in [1.29, 1.82) is 0 Å². The van der Waals surface area contributed by atoms with Crippen LogP contribution in [-0.4, -0.2) is 23.4 Å². The lowest BCUT2D eigenvalue weighted by Gasteiger charge is -2.23. The standard InChI is InChI=1S/C13H23N3/c1-13(2,3)16-12(10-5-6-10)11(9-15-16)7-8-14-4/h9-10,14H,5-8H2,1-4H3. The number of nitrogens with zero attached hydrogens (tertiary/aromatic N) is 2. The van der Waals surface area contributed by atoms with Crippen LogP contribution in [0, 0.1) is 0 Å². The predicted octanol–water partition coefficient (Wildman–Crippen LogP) is 2.28. The molecule has 1 aromatic rings. The number of likely N-dealkylation sites (N-methyl/N-ethyl adjacent to an activating group) is 1. The van der Waals surface area contributed by atoms with Crippen molar-refractivity contribution in [3.05, 3.63) is 17.5 Å². The van der Waals surface area contributed by atoms with Crippen LogP contribution in [0.25, 0.3) is 0 Å². The normalized spacial score (nSPS) is 16.8. The molecule has 2 rings (SSSR count). The average Bonchev–Trinajstić information content (AvgIpc) is 2.94. The Hall–Kier alpha value is -0.830. The molecule has 0 amide bonds. The molecular formula is C13H23N3. The van der Waals surface area contributed by atoms with Gasteiger partial charge in [0.2, 0.25) is 0 Å². The first-order valence-electron chi connectivity index (χ1n) is 6.26. The molecule has 90 valence electrons. The molecule has 3 nitrogen and oxygen atoms in total. The maximum Gasteiger partial charge on any atom is 0.0546 e. The molecule has 0 radical (unpaired) electrons. The van der Waals surface area contributed by atoms with Crippen molar-refractivity contribution < 1.29 is 0 Å². The third-order valence-electron chi connectivity index (χ3n) is 3.13. The molecule has 0 atom stereocenters. The molecule has 0 unspecified atom stereocenters. The molecule has 1 saturated carbocycles. The second-order valence-corrected chi connectivity index (χ2v) is 5.77. The maximum absolute atomic E-state index is 4.59. The number of rotatable bonds is 4. The molecule has 3 heteroatoms. The first kappa shape index (κ1) is 11.6. The van der Waals surface area contributed by atoms with E-state index < -0.39 is 0 Å². The van der Waals surface area contributed by atoms with E-state index >= 15 is 0 Å². The largest absolute Gasteiger partial charge is 0.319 e. The van der Waals surface area contributed by atoms with E-state index in [-0.39, 0.29) is 5.54 Å². The first-order chi connectivity index (χ1) is 7.54. The summed E-state index contributed by atoms with van der Waals surface area (Å²) in [6.45, 7) is 7.73. The summed E-state index contributed by atoms with van der Waals surface area (Å²) in [6, 6.07) is 0. The van der Waals surface area contributed by atoms with Crippen molar-refractivity contribution in [2.45, 2.75) is 51.5 Å². The fourth-order valence-corrected chi connectivity index (χ4v) is 2.17. The van der Waals surface area contributed by atoms with Crippen LogP contribution >= 0.6 is 0 Å². The van der Waals surface area contributed by atoms with E-state index in [1.165, 1.54) is 24.1 Å². The molecule has 0 aromatic carbocycles. The summed E-state index contributed by atoms with van der Waals surface area (Å²) >= 11 is 0. The van der Waals surface area contributed by atoms with Crippen LogP contribution in [0.3, 0.4) is 0 Å². The quantitative estimate of drug-likeness (QED) is 0.845. The Labute approximate surface area is 98.2 Å². The van der Waals surface area contributed by atoms with Crippen molar-refractivity contribution in [3.8, 4) is 0 Å². The van der Waals surface area contributed by atoms with E-state index in [1.54, 1.807) is 0 Å². The smallest absolute Gasteiger partial charge is 0.0546 e. The lowest BCUT2D eigenvalue weighted by molar-refractivity contribution is 0.343. The summed E-state index contributed by atoms with van der Waals surface area (Å²) in [4.78, 5) is 0. The van der Waals surface area contributed by atoms with E-state index in [0.717, 1.165) is 18.9 Å². The van der Waals surface area contributed by atoms with E-state index in [9.17, 15) is 0 Å². The molecule has 0 aliphatic heterocycles. The van der Waals surface area contributed by atoms with Gasteiger partial charge in [0.1, 0.15) is 0 Å². The Bertz CT molecular complexity index is 356. The number of nitrogens with one attached hydrogen (secondary N) is 1. The van der Waals surface area contributed by atoms with Gasteiger partial charge < -0.3 is 5.32 Å².